The number of benzene rings is 1. The van der Waals surface area contributed by atoms with Crippen LogP contribution in [-0.2, 0) is 22.3 Å². The van der Waals surface area contributed by atoms with Crippen LogP contribution in [0.3, 0.4) is 0 Å². The summed E-state index contributed by atoms with van der Waals surface area (Å²) in [6, 6.07) is 12.2. The van der Waals surface area contributed by atoms with E-state index in [1.165, 1.54) is 13.3 Å². The number of nitrogens with zero attached hydrogens (tertiary/aromatic N) is 6. The van der Waals surface area contributed by atoms with E-state index < -0.39 is 23.0 Å². The number of nitrogens with one attached hydrogen (secondary N) is 1. The molecule has 4 rings (SSSR count). The van der Waals surface area contributed by atoms with Crippen molar-refractivity contribution in [3.63, 3.8) is 0 Å². The predicted molar refractivity (Wildman–Crippen MR) is 156 cm³/mol. The van der Waals surface area contributed by atoms with Crippen molar-refractivity contribution in [2.75, 3.05) is 57.2 Å². The molecule has 1 aliphatic heterocycles. The maximum atomic E-state index is 13.8. The Morgan fingerprint density at radius 1 is 1.16 bits per heavy atom. The molecular weight excluding hydrogens is 579 g/mol. The molecule has 1 fully saturated rings. The average molecular weight is 614 g/mol. The number of nitriles is 1. The zero-order valence-electron chi connectivity index (χ0n) is 24.5. The van der Waals surface area contributed by atoms with Crippen LogP contribution in [0.2, 0.25) is 0 Å². The lowest BCUT2D eigenvalue weighted by Crippen LogP contribution is -2.46. The monoisotopic (exact) mass is 613 g/mol. The maximum absolute atomic E-state index is 13.8. The van der Waals surface area contributed by atoms with Crippen molar-refractivity contribution >= 4 is 17.4 Å². The van der Waals surface area contributed by atoms with Crippen LogP contribution in [-0.4, -0.2) is 78.6 Å². The third-order valence-corrected chi connectivity index (χ3v) is 7.43. The molecule has 0 atom stereocenters. The van der Waals surface area contributed by atoms with Crippen molar-refractivity contribution < 1.29 is 27.4 Å². The van der Waals surface area contributed by atoms with Crippen LogP contribution in [0, 0.1) is 11.3 Å². The minimum atomic E-state index is -4.88. The van der Waals surface area contributed by atoms with Gasteiger partial charge in [0.25, 0.3) is 5.56 Å². The van der Waals surface area contributed by atoms with Gasteiger partial charge in [0.15, 0.2) is 0 Å². The number of likely N-dealkylation sites (N-methyl/N-ethyl adjacent to an activating group) is 1. The number of carbonyl (C=O) groups is 1. The van der Waals surface area contributed by atoms with Crippen LogP contribution in [0.4, 0.5) is 24.7 Å². The quantitative estimate of drug-likeness (QED) is 0.306. The Hall–Kier alpha value is -4.64. The highest BCUT2D eigenvalue weighted by Crippen LogP contribution is 2.31. The van der Waals surface area contributed by atoms with Gasteiger partial charge in [0, 0.05) is 45.5 Å². The first-order valence-electron chi connectivity index (χ1n) is 14.1. The van der Waals surface area contributed by atoms with Crippen molar-refractivity contribution in [2.45, 2.75) is 38.0 Å². The number of alkyl halides is 3. The van der Waals surface area contributed by atoms with E-state index in [0.717, 1.165) is 29.5 Å². The normalized spacial score (nSPS) is 13.8. The second-order valence-electron chi connectivity index (χ2n) is 10.3. The van der Waals surface area contributed by atoms with E-state index in [1.54, 1.807) is 42.3 Å². The van der Waals surface area contributed by atoms with Crippen LogP contribution in [0.5, 0.6) is 5.75 Å². The van der Waals surface area contributed by atoms with Gasteiger partial charge in [-0.1, -0.05) is 12.1 Å². The van der Waals surface area contributed by atoms with Crippen LogP contribution < -0.4 is 20.5 Å². The van der Waals surface area contributed by atoms with Gasteiger partial charge in [-0.3, -0.25) is 9.59 Å². The molecule has 0 bridgehead atoms. The smallest absolute Gasteiger partial charge is 0.423 e. The molecule has 1 aromatic carbocycles. The second-order valence-corrected chi connectivity index (χ2v) is 10.3. The Kier molecular flexibility index (Phi) is 10.8. The topological polar surface area (TPSA) is 126 Å². The summed E-state index contributed by atoms with van der Waals surface area (Å²) in [4.78, 5) is 33.5. The lowest BCUT2D eigenvalue weighted by Gasteiger charge is -2.37. The molecule has 44 heavy (non-hydrogen) atoms. The summed E-state index contributed by atoms with van der Waals surface area (Å²) in [6.07, 6.45) is -0.539. The summed E-state index contributed by atoms with van der Waals surface area (Å²) < 4.78 is 52.8. The molecule has 234 valence electrons. The third kappa shape index (κ3) is 8.25. The van der Waals surface area contributed by atoms with E-state index in [1.807, 2.05) is 12.1 Å². The zero-order valence-corrected chi connectivity index (χ0v) is 24.5. The molecule has 1 N–H and O–H groups in total. The predicted octanol–water partition coefficient (Wildman–Crippen LogP) is 3.53. The van der Waals surface area contributed by atoms with Crippen LogP contribution >= 0.6 is 0 Å². The Bertz CT molecular complexity index is 1500. The lowest BCUT2D eigenvalue weighted by atomic mass is 10.0. The molecule has 3 aromatic rings. The standard InChI is InChI=1S/C30H34F3N7O4/c1-38(23-10-13-39(14-11-23)26-9-6-22(16-34)17-36-26)27(41)20-44-15-3-12-35-25-18-37-40(29(42)28(25)30(31,32)33)19-21-4-7-24(43-2)8-5-21/h4-9,17-18,23,35H,3,10-15,19-20H2,1-2H3. The number of piperidine rings is 1. The van der Waals surface area contributed by atoms with Gasteiger partial charge in [-0.25, -0.2) is 9.67 Å². The first-order chi connectivity index (χ1) is 21.1. The van der Waals surface area contributed by atoms with Crippen molar-refractivity contribution in [1.82, 2.24) is 19.7 Å². The van der Waals surface area contributed by atoms with Gasteiger partial charge in [-0.15, -0.1) is 0 Å². The van der Waals surface area contributed by atoms with Gasteiger partial charge in [-0.2, -0.15) is 23.5 Å². The molecule has 1 aliphatic rings. The fourth-order valence-corrected chi connectivity index (χ4v) is 4.90. The number of aromatic nitrogens is 3. The molecule has 0 aliphatic carbocycles. The summed E-state index contributed by atoms with van der Waals surface area (Å²) in [5, 5.41) is 15.5. The Morgan fingerprint density at radius 2 is 1.89 bits per heavy atom. The molecule has 0 unspecified atom stereocenters. The number of hydrogen-bond acceptors (Lipinski definition) is 9. The number of anilines is 2. The molecule has 11 nitrogen and oxygen atoms in total. The van der Waals surface area contributed by atoms with Gasteiger partial charge < -0.3 is 24.6 Å². The fraction of sp³-hybridized carbons (Fsp3) is 0.433. The maximum Gasteiger partial charge on any atom is 0.423 e. The molecular formula is C30H34F3N7O4. The van der Waals surface area contributed by atoms with E-state index in [-0.39, 0.29) is 38.3 Å². The number of carbonyl (C=O) groups excluding carboxylic acids is 1. The number of amides is 1. The minimum absolute atomic E-state index is 0.0440. The Labute approximate surface area is 252 Å². The van der Waals surface area contributed by atoms with Gasteiger partial charge in [0.1, 0.15) is 29.8 Å². The van der Waals surface area contributed by atoms with E-state index in [4.69, 9.17) is 14.7 Å². The molecule has 0 spiro atoms. The largest absolute Gasteiger partial charge is 0.497 e. The van der Waals surface area contributed by atoms with Crippen LogP contribution in [0.25, 0.3) is 0 Å². The van der Waals surface area contributed by atoms with E-state index in [2.05, 4.69) is 20.3 Å². The summed E-state index contributed by atoms with van der Waals surface area (Å²) in [5.74, 6) is 1.19. The first-order valence-corrected chi connectivity index (χ1v) is 14.1. The molecule has 3 heterocycles. The third-order valence-electron chi connectivity index (χ3n) is 7.43. The van der Waals surface area contributed by atoms with Gasteiger partial charge in [-0.05, 0) is 49.1 Å². The van der Waals surface area contributed by atoms with Crippen LogP contribution in [0.15, 0.2) is 53.6 Å². The molecule has 0 saturated carbocycles. The number of ether oxygens (including phenoxy) is 2. The first kappa shape index (κ1) is 32.3. The number of halogens is 3. The van der Waals surface area contributed by atoms with Crippen molar-refractivity contribution in [3.8, 4) is 11.8 Å². The SMILES string of the molecule is COc1ccc(Cn2ncc(NCCCOCC(=O)N(C)C3CCN(c4ccc(C#N)cn4)CC3)c(C(F)(F)F)c2=O)cc1. The van der Waals surface area contributed by atoms with Gasteiger partial charge >= 0.3 is 6.18 Å². The summed E-state index contributed by atoms with van der Waals surface area (Å²) >= 11 is 0. The van der Waals surface area contributed by atoms with E-state index in [9.17, 15) is 22.8 Å². The van der Waals surface area contributed by atoms with E-state index >= 15 is 0 Å². The highest BCUT2D eigenvalue weighted by Gasteiger charge is 2.38. The van der Waals surface area contributed by atoms with Gasteiger partial charge in [0.05, 0.1) is 31.1 Å². The highest BCUT2D eigenvalue weighted by molar-refractivity contribution is 5.77. The van der Waals surface area contributed by atoms with Crippen LogP contribution in [0.1, 0.15) is 36.0 Å². The number of pyridine rings is 1. The van der Waals surface area contributed by atoms with Crippen molar-refractivity contribution in [1.29, 1.82) is 5.26 Å². The molecule has 1 amide bonds. The molecule has 2 aromatic heterocycles. The Morgan fingerprint density at radius 3 is 2.50 bits per heavy atom. The number of rotatable bonds is 12. The number of hydrogen-bond donors (Lipinski definition) is 1. The van der Waals surface area contributed by atoms with E-state index in [0.29, 0.717) is 36.4 Å². The van der Waals surface area contributed by atoms with Crippen molar-refractivity contribution in [3.05, 3.63) is 75.8 Å². The average Bonchev–Trinajstić information content (AvgIpc) is 3.03. The zero-order chi connectivity index (χ0) is 31.7. The minimum Gasteiger partial charge on any atom is -0.497 e. The van der Waals surface area contributed by atoms with Crippen molar-refractivity contribution in [2.24, 2.45) is 0 Å². The summed E-state index contributed by atoms with van der Waals surface area (Å²) in [6.45, 7) is 1.38. The highest BCUT2D eigenvalue weighted by atomic mass is 19.4. The number of methoxy groups -OCH3 is 1. The molecule has 1 saturated heterocycles. The lowest BCUT2D eigenvalue weighted by molar-refractivity contribution is -0.138. The second kappa shape index (κ2) is 14.7. The molecule has 0 radical (unpaired) electrons. The summed E-state index contributed by atoms with van der Waals surface area (Å²) in [5.41, 5.74) is -1.88. The Balaban J connectivity index is 1.21. The summed E-state index contributed by atoms with van der Waals surface area (Å²) in [7, 11) is 3.23. The fourth-order valence-electron chi connectivity index (χ4n) is 4.90. The van der Waals surface area contributed by atoms with Gasteiger partial charge in [0.2, 0.25) is 5.91 Å². The molecule has 14 heteroatoms.